The van der Waals surface area contributed by atoms with E-state index in [2.05, 4.69) is 36.3 Å². The first-order valence-corrected chi connectivity index (χ1v) is 16.2. The number of terminal acetylenes is 1. The summed E-state index contributed by atoms with van der Waals surface area (Å²) in [6.45, 7) is 2.66. The van der Waals surface area contributed by atoms with Crippen molar-refractivity contribution in [1.82, 2.24) is 15.0 Å². The molecule has 2 aliphatic rings. The number of benzene rings is 3. The van der Waals surface area contributed by atoms with Crippen molar-refractivity contribution in [3.05, 3.63) is 107 Å². The molecule has 4 aromatic rings. The van der Waals surface area contributed by atoms with Crippen LogP contribution in [0.15, 0.2) is 89.1 Å². The number of nitrogens with one attached hydrogen (secondary N) is 1. The summed E-state index contributed by atoms with van der Waals surface area (Å²) >= 11 is 0. The zero-order valence-corrected chi connectivity index (χ0v) is 26.7. The van der Waals surface area contributed by atoms with E-state index >= 15 is 0 Å². The van der Waals surface area contributed by atoms with Crippen molar-refractivity contribution in [2.75, 3.05) is 36.5 Å². The number of carbonyl (C=O) groups is 2. The van der Waals surface area contributed by atoms with Crippen LogP contribution in [0.1, 0.15) is 58.6 Å². The minimum absolute atomic E-state index is 0.0624. The van der Waals surface area contributed by atoms with Crippen LogP contribution < -0.4 is 10.2 Å². The highest BCUT2D eigenvalue weighted by atomic mass is 16.5. The Balaban J connectivity index is 1.03. The van der Waals surface area contributed by atoms with Crippen LogP contribution >= 0.6 is 0 Å². The number of morpholine rings is 1. The fourth-order valence-corrected chi connectivity index (χ4v) is 5.48. The average molecular weight is 640 g/mol. The minimum Gasteiger partial charge on any atom is -0.378 e. The number of hydrogen-bond donors (Lipinski definition) is 1. The van der Waals surface area contributed by atoms with E-state index in [1.807, 2.05) is 78.9 Å². The van der Waals surface area contributed by atoms with Crippen LogP contribution in [0, 0.1) is 12.3 Å². The van der Waals surface area contributed by atoms with E-state index in [9.17, 15) is 9.59 Å². The van der Waals surface area contributed by atoms with Gasteiger partial charge < -0.3 is 15.0 Å². The Labute approximate surface area is 280 Å². The molecule has 2 aliphatic heterocycles. The SMILES string of the molecule is C#CCC1(CCCC(=O)c2ccc(CC(=O)Cc3ccc(Nc4nc(/C=C/c5ccccc5)nc(N5CCOCC5)n4)cc3)cc2)N=N1. The fourth-order valence-electron chi connectivity index (χ4n) is 5.48. The van der Waals surface area contributed by atoms with Crippen molar-refractivity contribution < 1.29 is 14.3 Å². The standard InChI is InChI=1S/C38H37N7O3/c1-2-20-38(43-44-38)21-6-9-34(47)31-15-10-29(11-16-31)26-33(46)27-30-12-17-32(18-13-30)39-36-40-35(19-14-28-7-4-3-5-8-28)41-37(42-36)45-22-24-48-25-23-45/h1,3-5,7-8,10-19H,6,9,20-27H2,(H,39,40,41,42)/b19-14+. The summed E-state index contributed by atoms with van der Waals surface area (Å²) in [6, 6.07) is 25.0. The van der Waals surface area contributed by atoms with Crippen LogP contribution in [-0.4, -0.2) is 58.5 Å². The Kier molecular flexibility index (Phi) is 10.4. The van der Waals surface area contributed by atoms with Gasteiger partial charge in [-0.1, -0.05) is 72.8 Å². The monoisotopic (exact) mass is 639 g/mol. The molecule has 1 saturated heterocycles. The van der Waals surface area contributed by atoms with E-state index < -0.39 is 5.66 Å². The van der Waals surface area contributed by atoms with Gasteiger partial charge in [0.1, 0.15) is 5.78 Å². The number of aromatic nitrogens is 3. The van der Waals surface area contributed by atoms with E-state index in [-0.39, 0.29) is 11.6 Å². The third-order valence-electron chi connectivity index (χ3n) is 8.20. The lowest BCUT2D eigenvalue weighted by Gasteiger charge is -2.27. The predicted octanol–water partition coefficient (Wildman–Crippen LogP) is 6.51. The molecule has 0 atom stereocenters. The lowest BCUT2D eigenvalue weighted by molar-refractivity contribution is -0.117. The first kappa shape index (κ1) is 32.4. The van der Waals surface area contributed by atoms with E-state index in [1.54, 1.807) is 12.1 Å². The van der Waals surface area contributed by atoms with E-state index in [0.717, 1.165) is 22.4 Å². The molecule has 3 heterocycles. The Morgan fingerprint density at radius 3 is 2.23 bits per heavy atom. The summed E-state index contributed by atoms with van der Waals surface area (Å²) in [4.78, 5) is 41.6. The predicted molar refractivity (Wildman–Crippen MR) is 186 cm³/mol. The first-order chi connectivity index (χ1) is 23.5. The number of Topliss-reactive ketones (excluding diaryl/α,β-unsaturated/α-hetero) is 2. The lowest BCUT2D eigenvalue weighted by atomic mass is 9.98. The molecule has 1 N–H and O–H groups in total. The molecule has 242 valence electrons. The van der Waals surface area contributed by atoms with Gasteiger partial charge in [-0.3, -0.25) is 9.59 Å². The van der Waals surface area contributed by atoms with Crippen LogP contribution in [-0.2, 0) is 22.4 Å². The summed E-state index contributed by atoms with van der Waals surface area (Å²) in [6.07, 6.45) is 12.1. The molecule has 0 amide bonds. The number of ketones is 2. The summed E-state index contributed by atoms with van der Waals surface area (Å²) in [5, 5.41) is 11.4. The maximum Gasteiger partial charge on any atom is 0.232 e. The highest BCUT2D eigenvalue weighted by molar-refractivity contribution is 5.96. The molecular formula is C38H37N7O3. The second-order valence-corrected chi connectivity index (χ2v) is 11.9. The van der Waals surface area contributed by atoms with Crippen molar-refractivity contribution in [3.63, 3.8) is 0 Å². The van der Waals surface area contributed by atoms with Gasteiger partial charge in [0.15, 0.2) is 11.6 Å². The van der Waals surface area contributed by atoms with Gasteiger partial charge in [0.05, 0.1) is 19.6 Å². The molecule has 0 aliphatic carbocycles. The number of anilines is 3. The molecule has 48 heavy (non-hydrogen) atoms. The highest BCUT2D eigenvalue weighted by Gasteiger charge is 2.38. The molecule has 0 spiro atoms. The minimum atomic E-state index is -0.456. The number of carbonyl (C=O) groups excluding carboxylic acids is 2. The van der Waals surface area contributed by atoms with Crippen molar-refractivity contribution in [1.29, 1.82) is 0 Å². The smallest absolute Gasteiger partial charge is 0.232 e. The Bertz CT molecular complexity index is 1820. The maximum atomic E-state index is 12.9. The van der Waals surface area contributed by atoms with Crippen LogP contribution in [0.4, 0.5) is 17.6 Å². The largest absolute Gasteiger partial charge is 0.378 e. The molecular weight excluding hydrogens is 602 g/mol. The molecule has 10 heteroatoms. The van der Waals surface area contributed by atoms with Crippen molar-refractivity contribution >= 4 is 41.3 Å². The number of nitrogens with zero attached hydrogens (tertiary/aromatic N) is 6. The molecule has 1 fully saturated rings. The van der Waals surface area contributed by atoms with Gasteiger partial charge in [0, 0.05) is 43.6 Å². The van der Waals surface area contributed by atoms with Gasteiger partial charge in [-0.15, -0.1) is 12.3 Å². The Morgan fingerprint density at radius 1 is 0.875 bits per heavy atom. The van der Waals surface area contributed by atoms with Gasteiger partial charge in [0.2, 0.25) is 17.6 Å². The van der Waals surface area contributed by atoms with Crippen LogP contribution in [0.2, 0.25) is 0 Å². The Hall–Kier alpha value is -5.53. The summed E-state index contributed by atoms with van der Waals surface area (Å²) in [5.74, 6) is 4.33. The molecule has 0 bridgehead atoms. The third-order valence-corrected chi connectivity index (χ3v) is 8.20. The van der Waals surface area contributed by atoms with Crippen molar-refractivity contribution in [2.45, 2.75) is 44.2 Å². The lowest BCUT2D eigenvalue weighted by Crippen LogP contribution is -2.37. The van der Waals surface area contributed by atoms with E-state index in [0.29, 0.717) is 88.1 Å². The second-order valence-electron chi connectivity index (χ2n) is 11.9. The van der Waals surface area contributed by atoms with Crippen molar-refractivity contribution in [2.24, 2.45) is 10.2 Å². The zero-order chi connectivity index (χ0) is 33.2. The normalized spacial score (nSPS) is 14.9. The molecule has 0 unspecified atom stereocenters. The third kappa shape index (κ3) is 9.05. The molecule has 0 saturated carbocycles. The van der Waals surface area contributed by atoms with Crippen molar-refractivity contribution in [3.8, 4) is 12.3 Å². The molecule has 0 radical (unpaired) electrons. The quantitative estimate of drug-likeness (QED) is 0.115. The van der Waals surface area contributed by atoms with Gasteiger partial charge in [-0.25, -0.2) is 0 Å². The maximum absolute atomic E-state index is 12.9. The van der Waals surface area contributed by atoms with Crippen LogP contribution in [0.5, 0.6) is 0 Å². The molecule has 10 nitrogen and oxygen atoms in total. The number of ether oxygens (including phenoxy) is 1. The zero-order valence-electron chi connectivity index (χ0n) is 26.7. The summed E-state index contributed by atoms with van der Waals surface area (Å²) in [5.41, 5.74) is 3.82. The molecule has 3 aromatic carbocycles. The van der Waals surface area contributed by atoms with E-state index in [4.69, 9.17) is 16.1 Å². The highest BCUT2D eigenvalue weighted by Crippen LogP contribution is 2.36. The topological polar surface area (TPSA) is 122 Å². The average Bonchev–Trinajstić information content (AvgIpc) is 3.88. The van der Waals surface area contributed by atoms with Gasteiger partial charge >= 0.3 is 0 Å². The van der Waals surface area contributed by atoms with Crippen LogP contribution in [0.3, 0.4) is 0 Å². The Morgan fingerprint density at radius 2 is 1.56 bits per heavy atom. The van der Waals surface area contributed by atoms with Crippen LogP contribution in [0.25, 0.3) is 12.2 Å². The number of rotatable bonds is 15. The molecule has 1 aromatic heterocycles. The second kappa shape index (κ2) is 15.4. The first-order valence-electron chi connectivity index (χ1n) is 16.2. The summed E-state index contributed by atoms with van der Waals surface area (Å²) < 4.78 is 5.51. The summed E-state index contributed by atoms with van der Waals surface area (Å²) in [7, 11) is 0. The van der Waals surface area contributed by atoms with Gasteiger partial charge in [0.25, 0.3) is 0 Å². The van der Waals surface area contributed by atoms with Gasteiger partial charge in [-0.2, -0.15) is 25.2 Å². The number of hydrogen-bond acceptors (Lipinski definition) is 10. The molecule has 6 rings (SSSR count). The van der Waals surface area contributed by atoms with Gasteiger partial charge in [-0.05, 0) is 47.7 Å². The fraction of sp³-hybridized carbons (Fsp3) is 0.289. The van der Waals surface area contributed by atoms with E-state index in [1.165, 1.54) is 0 Å².